The van der Waals surface area contributed by atoms with E-state index in [0.717, 1.165) is 57.8 Å². The van der Waals surface area contributed by atoms with E-state index in [-0.39, 0.29) is 24.9 Å². The highest BCUT2D eigenvalue weighted by molar-refractivity contribution is 6.01. The first-order valence-corrected chi connectivity index (χ1v) is 15.4. The number of allylic oxidation sites excluding steroid dienone is 4. The predicted molar refractivity (Wildman–Crippen MR) is 157 cm³/mol. The number of aliphatic hydroxyl groups is 2. The molecule has 3 N–H and O–H groups in total. The van der Waals surface area contributed by atoms with Crippen LogP contribution < -0.4 is 5.32 Å². The highest BCUT2D eigenvalue weighted by Crippen LogP contribution is 2.18. The third-order valence-corrected chi connectivity index (χ3v) is 7.03. The third kappa shape index (κ3) is 22.3. The van der Waals surface area contributed by atoms with E-state index >= 15 is 0 Å². The second-order valence-corrected chi connectivity index (χ2v) is 10.5. The highest BCUT2D eigenvalue weighted by Gasteiger charge is 2.27. The summed E-state index contributed by atoms with van der Waals surface area (Å²) >= 11 is 0. The van der Waals surface area contributed by atoms with E-state index in [9.17, 15) is 19.8 Å². The molecule has 0 radical (unpaired) electrons. The third-order valence-electron chi connectivity index (χ3n) is 7.03. The van der Waals surface area contributed by atoms with Crippen LogP contribution in [0.3, 0.4) is 0 Å². The molecule has 216 valence electrons. The van der Waals surface area contributed by atoms with Crippen LogP contribution in [0.5, 0.6) is 0 Å². The minimum atomic E-state index is -0.705. The van der Waals surface area contributed by atoms with Crippen LogP contribution in [-0.2, 0) is 9.59 Å². The summed E-state index contributed by atoms with van der Waals surface area (Å²) in [5.41, 5.74) is 0. The molecular formula is C32H59NO4. The van der Waals surface area contributed by atoms with Crippen LogP contribution in [0.1, 0.15) is 142 Å². The molecule has 5 heteroatoms. The SMILES string of the molecule is C/C=C\CCCCCCC(C(=O)CCCCCCC/C=C\CCCCCCCC)C(=O)NC(CO)CO. The number of ketones is 1. The summed E-state index contributed by atoms with van der Waals surface area (Å²) in [5.74, 6) is -1.02. The Morgan fingerprint density at radius 3 is 1.70 bits per heavy atom. The number of unbranched alkanes of at least 4 members (excludes halogenated alkanes) is 15. The number of Topliss-reactive ketones (excluding diaryl/α,β-unsaturated/α-hetero) is 1. The Kier molecular flexibility index (Phi) is 26.5. The second kappa shape index (κ2) is 27.6. The largest absolute Gasteiger partial charge is 0.394 e. The Balaban J connectivity index is 4.13. The van der Waals surface area contributed by atoms with E-state index in [1.165, 1.54) is 57.8 Å². The lowest BCUT2D eigenvalue weighted by atomic mass is 9.91. The molecule has 0 aliphatic carbocycles. The van der Waals surface area contributed by atoms with Gasteiger partial charge in [-0.05, 0) is 58.3 Å². The monoisotopic (exact) mass is 521 g/mol. The molecular weight excluding hydrogens is 462 g/mol. The maximum absolute atomic E-state index is 12.9. The van der Waals surface area contributed by atoms with Crippen LogP contribution >= 0.6 is 0 Å². The van der Waals surface area contributed by atoms with Gasteiger partial charge < -0.3 is 15.5 Å². The average molecular weight is 522 g/mol. The number of nitrogens with one attached hydrogen (secondary N) is 1. The van der Waals surface area contributed by atoms with Crippen LogP contribution in [0, 0.1) is 5.92 Å². The summed E-state index contributed by atoms with van der Waals surface area (Å²) in [5, 5.41) is 21.2. The fourth-order valence-corrected chi connectivity index (χ4v) is 4.56. The molecule has 0 saturated carbocycles. The standard InChI is InChI=1S/C32H59NO4/c1-3-5-7-9-11-12-13-14-15-16-17-18-20-22-24-26-31(36)30(32(37)33-29(27-34)28-35)25-23-21-19-10-8-6-4-2/h4,6,14-15,29-30,34-35H,3,5,7-13,16-28H2,1-2H3,(H,33,37)/b6-4-,15-14-. The summed E-state index contributed by atoms with van der Waals surface area (Å²) in [6.45, 7) is 3.62. The van der Waals surface area contributed by atoms with Gasteiger partial charge in [0.15, 0.2) is 0 Å². The van der Waals surface area contributed by atoms with Crippen LogP contribution in [0.25, 0.3) is 0 Å². The average Bonchev–Trinajstić information content (AvgIpc) is 2.90. The summed E-state index contributed by atoms with van der Waals surface area (Å²) < 4.78 is 0. The summed E-state index contributed by atoms with van der Waals surface area (Å²) in [4.78, 5) is 25.6. The fraction of sp³-hybridized carbons (Fsp3) is 0.812. The number of aliphatic hydroxyl groups excluding tert-OH is 2. The molecule has 1 atom stereocenters. The van der Waals surface area contributed by atoms with E-state index in [4.69, 9.17) is 0 Å². The summed E-state index contributed by atoms with van der Waals surface area (Å²) in [7, 11) is 0. The smallest absolute Gasteiger partial charge is 0.230 e. The molecule has 1 unspecified atom stereocenters. The molecule has 37 heavy (non-hydrogen) atoms. The van der Waals surface area contributed by atoms with Gasteiger partial charge in [0.05, 0.1) is 25.2 Å². The van der Waals surface area contributed by atoms with E-state index < -0.39 is 12.0 Å². The molecule has 0 heterocycles. The molecule has 0 aliphatic rings. The van der Waals surface area contributed by atoms with Crippen LogP contribution in [-0.4, -0.2) is 41.2 Å². The minimum Gasteiger partial charge on any atom is -0.394 e. The van der Waals surface area contributed by atoms with Gasteiger partial charge >= 0.3 is 0 Å². The number of carbonyl (C=O) groups is 2. The fourth-order valence-electron chi connectivity index (χ4n) is 4.56. The Morgan fingerprint density at radius 2 is 1.16 bits per heavy atom. The van der Waals surface area contributed by atoms with Gasteiger partial charge in [-0.3, -0.25) is 9.59 Å². The Bertz CT molecular complexity index is 583. The van der Waals surface area contributed by atoms with Crippen molar-refractivity contribution in [2.24, 2.45) is 5.92 Å². The molecule has 0 bridgehead atoms. The molecule has 0 aromatic rings. The van der Waals surface area contributed by atoms with Crippen molar-refractivity contribution in [1.82, 2.24) is 5.32 Å². The van der Waals surface area contributed by atoms with Crippen molar-refractivity contribution in [2.45, 2.75) is 148 Å². The lowest BCUT2D eigenvalue weighted by Crippen LogP contribution is -2.45. The minimum absolute atomic E-state index is 0.00123. The predicted octanol–water partition coefficient (Wildman–Crippen LogP) is 7.60. The number of hydrogen-bond donors (Lipinski definition) is 3. The first kappa shape index (κ1) is 35.5. The number of hydrogen-bond acceptors (Lipinski definition) is 4. The molecule has 0 aliphatic heterocycles. The van der Waals surface area contributed by atoms with E-state index in [1.807, 2.05) is 6.92 Å². The summed E-state index contributed by atoms with van der Waals surface area (Å²) in [6, 6.07) is -0.705. The molecule has 0 aromatic carbocycles. The Hall–Kier alpha value is -1.46. The molecule has 0 rings (SSSR count). The first-order valence-electron chi connectivity index (χ1n) is 15.4. The molecule has 5 nitrogen and oxygen atoms in total. The van der Waals surface area contributed by atoms with E-state index in [0.29, 0.717) is 12.8 Å². The van der Waals surface area contributed by atoms with Crippen molar-refractivity contribution in [3.63, 3.8) is 0 Å². The van der Waals surface area contributed by atoms with Gasteiger partial charge in [-0.1, -0.05) is 102 Å². The van der Waals surface area contributed by atoms with Crippen molar-refractivity contribution < 1.29 is 19.8 Å². The van der Waals surface area contributed by atoms with Gasteiger partial charge in [0.25, 0.3) is 0 Å². The maximum Gasteiger partial charge on any atom is 0.230 e. The van der Waals surface area contributed by atoms with Gasteiger partial charge in [-0.2, -0.15) is 0 Å². The maximum atomic E-state index is 12.9. The van der Waals surface area contributed by atoms with Crippen molar-refractivity contribution >= 4 is 11.7 Å². The van der Waals surface area contributed by atoms with Crippen molar-refractivity contribution in [3.05, 3.63) is 24.3 Å². The quantitative estimate of drug-likeness (QED) is 0.0590. The normalized spacial score (nSPS) is 12.7. The second-order valence-electron chi connectivity index (χ2n) is 10.5. The van der Waals surface area contributed by atoms with Crippen molar-refractivity contribution in [2.75, 3.05) is 13.2 Å². The van der Waals surface area contributed by atoms with Crippen LogP contribution in [0.2, 0.25) is 0 Å². The Morgan fingerprint density at radius 1 is 0.676 bits per heavy atom. The zero-order chi connectivity index (χ0) is 27.4. The first-order chi connectivity index (χ1) is 18.1. The lowest BCUT2D eigenvalue weighted by molar-refractivity contribution is -0.135. The zero-order valence-corrected chi connectivity index (χ0v) is 24.2. The molecule has 0 spiro atoms. The topological polar surface area (TPSA) is 86.6 Å². The Labute approximate surface area is 228 Å². The van der Waals surface area contributed by atoms with E-state index in [1.54, 1.807) is 0 Å². The van der Waals surface area contributed by atoms with E-state index in [2.05, 4.69) is 36.5 Å². The molecule has 1 amide bonds. The van der Waals surface area contributed by atoms with Crippen molar-refractivity contribution in [1.29, 1.82) is 0 Å². The lowest BCUT2D eigenvalue weighted by Gasteiger charge is -2.19. The van der Waals surface area contributed by atoms with Gasteiger partial charge in [0, 0.05) is 6.42 Å². The zero-order valence-electron chi connectivity index (χ0n) is 24.2. The number of rotatable bonds is 27. The number of carbonyl (C=O) groups excluding carboxylic acids is 2. The highest BCUT2D eigenvalue weighted by atomic mass is 16.3. The van der Waals surface area contributed by atoms with Gasteiger partial charge in [0.1, 0.15) is 5.78 Å². The summed E-state index contributed by atoms with van der Waals surface area (Å²) in [6.07, 6.45) is 30.8. The molecule has 0 aromatic heterocycles. The van der Waals surface area contributed by atoms with Gasteiger partial charge in [-0.15, -0.1) is 0 Å². The van der Waals surface area contributed by atoms with Gasteiger partial charge in [0.2, 0.25) is 5.91 Å². The van der Waals surface area contributed by atoms with Crippen LogP contribution in [0.4, 0.5) is 0 Å². The number of amides is 1. The molecule has 0 saturated heterocycles. The van der Waals surface area contributed by atoms with Crippen LogP contribution in [0.15, 0.2) is 24.3 Å². The van der Waals surface area contributed by atoms with Crippen molar-refractivity contribution in [3.8, 4) is 0 Å². The molecule has 0 fully saturated rings. The van der Waals surface area contributed by atoms with Gasteiger partial charge in [-0.25, -0.2) is 0 Å².